The quantitative estimate of drug-likeness (QED) is 0.583. The molecule has 0 atom stereocenters. The first-order valence-electron chi connectivity index (χ1n) is 11.2. The van der Waals surface area contributed by atoms with Crippen molar-refractivity contribution in [1.82, 2.24) is 0 Å². The zero-order chi connectivity index (χ0) is 21.8. The Hall–Kier alpha value is -2.62. The number of allylic oxidation sites excluding steroid dienone is 1. The normalized spacial score (nSPS) is 14.0. The first-order valence-corrected chi connectivity index (χ1v) is 12.8. The molecule has 2 nitrogen and oxygen atoms in total. The van der Waals surface area contributed by atoms with Crippen LogP contribution >= 0.6 is 0 Å². The van der Waals surface area contributed by atoms with Crippen molar-refractivity contribution in [3.8, 4) is 0 Å². The summed E-state index contributed by atoms with van der Waals surface area (Å²) in [4.78, 5) is 0. The summed E-state index contributed by atoms with van der Waals surface area (Å²) in [5, 5.41) is 12.4. The van der Waals surface area contributed by atoms with Crippen LogP contribution in [0, 0.1) is 0 Å². The summed E-state index contributed by atoms with van der Waals surface area (Å²) in [7, 11) is -1.89. The van der Waals surface area contributed by atoms with Gasteiger partial charge in [0.1, 0.15) is 0 Å². The van der Waals surface area contributed by atoms with Gasteiger partial charge in [0.25, 0.3) is 9.04 Å². The highest BCUT2D eigenvalue weighted by Gasteiger charge is 2.28. The van der Waals surface area contributed by atoms with Crippen molar-refractivity contribution >= 4 is 25.0 Å². The van der Waals surface area contributed by atoms with Crippen LogP contribution in [0.25, 0.3) is 5.57 Å². The maximum atomic E-state index is 9.88. The van der Waals surface area contributed by atoms with Crippen LogP contribution in [0.2, 0.25) is 0 Å². The van der Waals surface area contributed by atoms with E-state index in [1.54, 1.807) is 0 Å². The van der Waals surface area contributed by atoms with E-state index in [1.807, 2.05) is 0 Å². The van der Waals surface area contributed by atoms with Crippen LogP contribution in [0.4, 0.5) is 0 Å². The van der Waals surface area contributed by atoms with Crippen molar-refractivity contribution in [1.29, 1.82) is 0 Å². The second kappa shape index (κ2) is 9.25. The van der Waals surface area contributed by atoms with Gasteiger partial charge in [-0.05, 0) is 50.9 Å². The summed E-state index contributed by atoms with van der Waals surface area (Å²) in [6, 6.07) is 27.8. The Morgan fingerprint density at radius 2 is 1.42 bits per heavy atom. The number of fused-ring (bicyclic) bond motifs is 1. The van der Waals surface area contributed by atoms with Gasteiger partial charge in [-0.15, -0.1) is 0 Å². The molecule has 0 saturated heterocycles. The molecular weight excluding hydrogens is 396 g/mol. The second-order valence-corrected chi connectivity index (χ2v) is 11.6. The van der Waals surface area contributed by atoms with E-state index >= 15 is 0 Å². The third-order valence-electron chi connectivity index (χ3n) is 6.07. The minimum Gasteiger partial charge on any atom is -0.540 e. The van der Waals surface area contributed by atoms with Crippen molar-refractivity contribution in [2.24, 2.45) is 0 Å². The average Bonchev–Trinajstić information content (AvgIpc) is 2.78. The molecule has 0 saturated carbocycles. The van der Waals surface area contributed by atoms with E-state index in [4.69, 9.17) is 4.43 Å². The van der Waals surface area contributed by atoms with Crippen LogP contribution in [-0.4, -0.2) is 20.8 Å². The highest BCUT2D eigenvalue weighted by molar-refractivity contribution is 6.80. The van der Waals surface area contributed by atoms with E-state index < -0.39 is 9.04 Å². The second-order valence-electron chi connectivity index (χ2n) is 9.28. The molecule has 0 spiro atoms. The minimum atomic E-state index is -1.89. The Bertz CT molecular complexity index is 1010. The van der Waals surface area contributed by atoms with Gasteiger partial charge in [-0.25, -0.2) is 0 Å². The fourth-order valence-electron chi connectivity index (χ4n) is 4.62. The lowest BCUT2D eigenvalue weighted by atomic mass is 9.77. The lowest BCUT2D eigenvalue weighted by Crippen LogP contribution is -2.45. The molecule has 0 heterocycles. The molecule has 0 bridgehead atoms. The van der Waals surface area contributed by atoms with Gasteiger partial charge in [0, 0.05) is 13.0 Å². The third kappa shape index (κ3) is 4.68. The lowest BCUT2D eigenvalue weighted by molar-refractivity contribution is 0.302. The highest BCUT2D eigenvalue weighted by atomic mass is 28.3. The van der Waals surface area contributed by atoms with Gasteiger partial charge in [-0.2, -0.15) is 0 Å². The van der Waals surface area contributed by atoms with Crippen molar-refractivity contribution in [3.63, 3.8) is 0 Å². The molecule has 4 rings (SSSR count). The fourth-order valence-corrected chi connectivity index (χ4v) is 6.97. The Morgan fingerprint density at radius 1 is 0.806 bits per heavy atom. The Morgan fingerprint density at radius 3 is 1.97 bits per heavy atom. The Kier molecular flexibility index (Phi) is 6.45. The van der Waals surface area contributed by atoms with E-state index in [1.165, 1.54) is 32.6 Å². The van der Waals surface area contributed by atoms with Crippen molar-refractivity contribution in [2.75, 3.05) is 6.61 Å². The summed E-state index contributed by atoms with van der Waals surface area (Å²) in [5.41, 5.74) is 5.36. The van der Waals surface area contributed by atoms with Crippen molar-refractivity contribution in [2.45, 2.75) is 45.4 Å². The molecule has 0 aliphatic heterocycles. The summed E-state index contributed by atoms with van der Waals surface area (Å²) >= 11 is 0. The number of aliphatic hydroxyl groups is 1. The van der Waals surface area contributed by atoms with Crippen LogP contribution < -0.4 is 10.4 Å². The summed E-state index contributed by atoms with van der Waals surface area (Å²) in [5.74, 6) is 1.07. The van der Waals surface area contributed by atoms with Crippen LogP contribution in [0.1, 0.15) is 50.3 Å². The number of hydrogen-bond donors (Lipinski definition) is 1. The van der Waals surface area contributed by atoms with E-state index in [0.717, 1.165) is 18.6 Å². The largest absolute Gasteiger partial charge is 0.540 e. The standard InChI is InChI=1S/C28H32O2Si/c1-28(2,3)26-16-10-15-23-24(26)17-18-27(25(23)19-20-29)30-31(21-11-6-4-7-12-21)22-13-8-5-9-14-22/h4-16,29,31H,17-20H2,1-3H3. The van der Waals surface area contributed by atoms with Gasteiger partial charge in [-0.1, -0.05) is 99.6 Å². The van der Waals surface area contributed by atoms with Gasteiger partial charge >= 0.3 is 0 Å². The Labute approximate surface area is 188 Å². The molecule has 160 valence electrons. The molecule has 3 aromatic carbocycles. The number of rotatable bonds is 6. The topological polar surface area (TPSA) is 29.5 Å². The molecule has 0 amide bonds. The van der Waals surface area contributed by atoms with E-state index in [9.17, 15) is 5.11 Å². The third-order valence-corrected chi connectivity index (χ3v) is 8.58. The van der Waals surface area contributed by atoms with Crippen molar-refractivity contribution < 1.29 is 9.53 Å². The zero-order valence-corrected chi connectivity index (χ0v) is 19.9. The van der Waals surface area contributed by atoms with E-state index in [0.29, 0.717) is 6.42 Å². The Balaban J connectivity index is 1.80. The smallest absolute Gasteiger partial charge is 0.298 e. The van der Waals surface area contributed by atoms with Crippen LogP contribution in [0.15, 0.2) is 84.6 Å². The maximum absolute atomic E-state index is 9.88. The van der Waals surface area contributed by atoms with E-state index in [-0.39, 0.29) is 12.0 Å². The summed E-state index contributed by atoms with van der Waals surface area (Å²) in [6.45, 7) is 6.96. The molecule has 3 heteroatoms. The number of hydrogen-bond acceptors (Lipinski definition) is 2. The van der Waals surface area contributed by atoms with Gasteiger partial charge in [0.2, 0.25) is 0 Å². The molecule has 1 N–H and O–H groups in total. The zero-order valence-electron chi connectivity index (χ0n) is 18.8. The first-order chi connectivity index (χ1) is 15.0. The fraction of sp³-hybridized carbons (Fsp3) is 0.286. The first kappa shape index (κ1) is 21.6. The predicted octanol–water partition coefficient (Wildman–Crippen LogP) is 4.58. The van der Waals surface area contributed by atoms with Crippen LogP contribution in [0.5, 0.6) is 0 Å². The van der Waals surface area contributed by atoms with Crippen molar-refractivity contribution in [3.05, 3.63) is 101 Å². The lowest BCUT2D eigenvalue weighted by Gasteiger charge is -2.31. The summed E-state index contributed by atoms with van der Waals surface area (Å²) in [6.07, 6.45) is 2.50. The van der Waals surface area contributed by atoms with Gasteiger partial charge in [0.05, 0.1) is 5.76 Å². The van der Waals surface area contributed by atoms with Gasteiger partial charge in [-0.3, -0.25) is 0 Å². The molecular formula is C28H32O2Si. The molecule has 0 fully saturated rings. The van der Waals surface area contributed by atoms with Crippen LogP contribution in [0.3, 0.4) is 0 Å². The molecule has 31 heavy (non-hydrogen) atoms. The highest BCUT2D eigenvalue weighted by Crippen LogP contribution is 2.39. The molecule has 0 aromatic heterocycles. The van der Waals surface area contributed by atoms with Gasteiger partial charge < -0.3 is 9.53 Å². The molecule has 1 aliphatic rings. The molecule has 1 aliphatic carbocycles. The maximum Gasteiger partial charge on any atom is 0.298 e. The molecule has 0 radical (unpaired) electrons. The summed E-state index contributed by atoms with van der Waals surface area (Å²) < 4.78 is 6.92. The molecule has 3 aromatic rings. The monoisotopic (exact) mass is 428 g/mol. The minimum absolute atomic E-state index is 0.0966. The van der Waals surface area contributed by atoms with E-state index in [2.05, 4.69) is 99.6 Å². The average molecular weight is 429 g/mol. The number of benzene rings is 3. The van der Waals surface area contributed by atoms with Gasteiger partial charge in [0.15, 0.2) is 0 Å². The SMILES string of the molecule is CC(C)(C)c1cccc2c1CCC(O[SiH](c1ccccc1)c1ccccc1)=C2CCO. The number of aliphatic hydroxyl groups excluding tert-OH is 1. The van der Waals surface area contributed by atoms with Crippen LogP contribution in [-0.2, 0) is 16.3 Å². The molecule has 0 unspecified atom stereocenters. The predicted molar refractivity (Wildman–Crippen MR) is 132 cm³/mol.